The maximum atomic E-state index is 13.8. The van der Waals surface area contributed by atoms with Crippen LogP contribution in [0.4, 0.5) is 15.2 Å². The highest BCUT2D eigenvalue weighted by atomic mass is 32.1. The second kappa shape index (κ2) is 7.84. The molecule has 5 nitrogen and oxygen atoms in total. The SMILES string of the molecule is O=C(Nc1ccccc1F)[C@H]1CCCN1c1nc(Cc2ccccc2)ns1. The lowest BCUT2D eigenvalue weighted by Gasteiger charge is -2.22. The Bertz CT molecular complexity index is 930. The topological polar surface area (TPSA) is 58.1 Å². The van der Waals surface area contributed by atoms with Crippen molar-refractivity contribution in [2.45, 2.75) is 25.3 Å². The van der Waals surface area contributed by atoms with Gasteiger partial charge < -0.3 is 10.2 Å². The minimum absolute atomic E-state index is 0.205. The zero-order valence-electron chi connectivity index (χ0n) is 14.6. The van der Waals surface area contributed by atoms with E-state index in [9.17, 15) is 9.18 Å². The fourth-order valence-electron chi connectivity index (χ4n) is 3.26. The van der Waals surface area contributed by atoms with Gasteiger partial charge in [0.2, 0.25) is 11.0 Å². The van der Waals surface area contributed by atoms with Crippen molar-refractivity contribution in [3.05, 3.63) is 71.8 Å². The third-order valence-electron chi connectivity index (χ3n) is 4.60. The summed E-state index contributed by atoms with van der Waals surface area (Å²) in [5, 5.41) is 3.44. The highest BCUT2D eigenvalue weighted by molar-refractivity contribution is 7.09. The Morgan fingerprint density at radius 2 is 1.96 bits per heavy atom. The Kier molecular flexibility index (Phi) is 5.11. The summed E-state index contributed by atoms with van der Waals surface area (Å²) in [6.07, 6.45) is 2.27. The van der Waals surface area contributed by atoms with E-state index in [1.165, 1.54) is 17.6 Å². The fourth-order valence-corrected chi connectivity index (χ4v) is 4.02. The van der Waals surface area contributed by atoms with Gasteiger partial charge in [0, 0.05) is 24.5 Å². The van der Waals surface area contributed by atoms with Crippen molar-refractivity contribution in [1.82, 2.24) is 9.36 Å². The maximum absolute atomic E-state index is 13.8. The number of carbonyl (C=O) groups excluding carboxylic acids is 1. The second-order valence-electron chi connectivity index (χ2n) is 6.48. The van der Waals surface area contributed by atoms with Gasteiger partial charge in [-0.2, -0.15) is 4.37 Å². The number of hydrogen-bond acceptors (Lipinski definition) is 5. The minimum atomic E-state index is -0.434. The molecule has 1 saturated heterocycles. The van der Waals surface area contributed by atoms with Crippen molar-refractivity contribution in [1.29, 1.82) is 0 Å². The molecule has 1 aliphatic rings. The average molecular weight is 382 g/mol. The molecule has 0 unspecified atom stereocenters. The van der Waals surface area contributed by atoms with Crippen molar-refractivity contribution in [3.8, 4) is 0 Å². The van der Waals surface area contributed by atoms with Crippen molar-refractivity contribution >= 4 is 28.3 Å². The molecule has 1 fully saturated rings. The molecule has 27 heavy (non-hydrogen) atoms. The van der Waals surface area contributed by atoms with Crippen LogP contribution in [0.3, 0.4) is 0 Å². The summed E-state index contributed by atoms with van der Waals surface area (Å²) in [4.78, 5) is 19.3. The predicted molar refractivity (Wildman–Crippen MR) is 105 cm³/mol. The molecular formula is C20H19FN4OS. The number of aromatic nitrogens is 2. The van der Waals surface area contributed by atoms with Gasteiger partial charge in [-0.25, -0.2) is 9.37 Å². The van der Waals surface area contributed by atoms with E-state index in [4.69, 9.17) is 0 Å². The quantitative estimate of drug-likeness (QED) is 0.728. The summed E-state index contributed by atoms with van der Waals surface area (Å²) >= 11 is 1.31. The van der Waals surface area contributed by atoms with E-state index in [0.29, 0.717) is 12.8 Å². The summed E-state index contributed by atoms with van der Waals surface area (Å²) in [7, 11) is 0. The first-order chi connectivity index (χ1) is 13.2. The van der Waals surface area contributed by atoms with Crippen LogP contribution in [0.5, 0.6) is 0 Å². The first-order valence-corrected chi connectivity index (χ1v) is 9.66. The molecule has 2 heterocycles. The summed E-state index contributed by atoms with van der Waals surface area (Å²) in [6.45, 7) is 0.745. The Balaban J connectivity index is 1.47. The largest absolute Gasteiger partial charge is 0.335 e. The zero-order chi connectivity index (χ0) is 18.6. The number of rotatable bonds is 5. The van der Waals surface area contributed by atoms with Gasteiger partial charge in [-0.05, 0) is 30.5 Å². The van der Waals surface area contributed by atoms with Crippen LogP contribution >= 0.6 is 11.5 Å². The van der Waals surface area contributed by atoms with E-state index in [0.717, 1.165) is 29.5 Å². The van der Waals surface area contributed by atoms with Crippen molar-refractivity contribution in [2.75, 3.05) is 16.8 Å². The first-order valence-electron chi connectivity index (χ1n) is 8.89. The lowest BCUT2D eigenvalue weighted by atomic mass is 10.1. The number of benzene rings is 2. The summed E-state index contributed by atoms with van der Waals surface area (Å²) < 4.78 is 18.3. The van der Waals surface area contributed by atoms with Crippen LogP contribution in [-0.4, -0.2) is 27.9 Å². The van der Waals surface area contributed by atoms with Crippen LogP contribution in [0.25, 0.3) is 0 Å². The van der Waals surface area contributed by atoms with Gasteiger partial charge in [0.05, 0.1) is 5.69 Å². The molecule has 1 N–H and O–H groups in total. The minimum Gasteiger partial charge on any atom is -0.335 e. The molecule has 0 radical (unpaired) electrons. The molecule has 0 spiro atoms. The zero-order valence-corrected chi connectivity index (χ0v) is 15.5. The van der Waals surface area contributed by atoms with Crippen LogP contribution in [-0.2, 0) is 11.2 Å². The lowest BCUT2D eigenvalue weighted by molar-refractivity contribution is -0.117. The number of para-hydroxylation sites is 1. The van der Waals surface area contributed by atoms with Gasteiger partial charge in [-0.3, -0.25) is 4.79 Å². The van der Waals surface area contributed by atoms with E-state index in [-0.39, 0.29) is 17.6 Å². The van der Waals surface area contributed by atoms with Crippen LogP contribution in [0.1, 0.15) is 24.2 Å². The molecule has 2 aromatic carbocycles. The van der Waals surface area contributed by atoms with Crippen LogP contribution in [0, 0.1) is 5.82 Å². The van der Waals surface area contributed by atoms with E-state index < -0.39 is 5.82 Å². The maximum Gasteiger partial charge on any atom is 0.247 e. The fraction of sp³-hybridized carbons (Fsp3) is 0.250. The van der Waals surface area contributed by atoms with Crippen LogP contribution < -0.4 is 10.2 Å². The number of anilines is 2. The highest BCUT2D eigenvalue weighted by Crippen LogP contribution is 2.28. The molecule has 1 aromatic heterocycles. The van der Waals surface area contributed by atoms with Crippen LogP contribution in [0.15, 0.2) is 54.6 Å². The Morgan fingerprint density at radius 3 is 2.78 bits per heavy atom. The van der Waals surface area contributed by atoms with Gasteiger partial charge in [-0.1, -0.05) is 42.5 Å². The Morgan fingerprint density at radius 1 is 1.19 bits per heavy atom. The molecule has 1 amide bonds. The van der Waals surface area contributed by atoms with Gasteiger partial charge >= 0.3 is 0 Å². The predicted octanol–water partition coefficient (Wildman–Crippen LogP) is 3.88. The van der Waals surface area contributed by atoms with E-state index in [2.05, 4.69) is 14.7 Å². The summed E-state index contributed by atoms with van der Waals surface area (Å²) in [6, 6.07) is 15.9. The standard InChI is InChI=1S/C20H19FN4OS/c21-15-9-4-5-10-16(15)22-19(26)17-11-6-12-25(17)20-23-18(24-27-20)13-14-7-2-1-3-8-14/h1-5,7-10,17H,6,11-13H2,(H,22,26)/t17-/m1/s1. The second-order valence-corrected chi connectivity index (χ2v) is 7.21. The number of halogens is 1. The third kappa shape index (κ3) is 3.98. The molecule has 1 atom stereocenters. The summed E-state index contributed by atoms with van der Waals surface area (Å²) in [5.41, 5.74) is 1.36. The van der Waals surface area contributed by atoms with Crippen molar-refractivity contribution in [3.63, 3.8) is 0 Å². The molecule has 1 aliphatic heterocycles. The van der Waals surface area contributed by atoms with Gasteiger partial charge in [0.15, 0.2) is 0 Å². The number of carbonyl (C=O) groups is 1. The van der Waals surface area contributed by atoms with Crippen molar-refractivity contribution in [2.24, 2.45) is 0 Å². The molecule has 138 valence electrons. The molecule has 3 aromatic rings. The number of nitrogens with zero attached hydrogens (tertiary/aromatic N) is 3. The Hall–Kier alpha value is -2.80. The van der Waals surface area contributed by atoms with Gasteiger partial charge in [-0.15, -0.1) is 0 Å². The molecule has 0 bridgehead atoms. The molecule has 0 aliphatic carbocycles. The first kappa shape index (κ1) is 17.6. The molecule has 0 saturated carbocycles. The molecular weight excluding hydrogens is 363 g/mol. The number of amides is 1. The smallest absolute Gasteiger partial charge is 0.247 e. The van der Waals surface area contributed by atoms with Gasteiger partial charge in [0.25, 0.3) is 0 Å². The average Bonchev–Trinajstić information content (AvgIpc) is 3.33. The summed E-state index contributed by atoms with van der Waals surface area (Å²) in [5.74, 6) is 0.107. The number of hydrogen-bond donors (Lipinski definition) is 1. The van der Waals surface area contributed by atoms with Crippen molar-refractivity contribution < 1.29 is 9.18 Å². The normalized spacial score (nSPS) is 16.5. The van der Waals surface area contributed by atoms with E-state index in [1.807, 2.05) is 35.2 Å². The third-order valence-corrected chi connectivity index (χ3v) is 5.39. The monoisotopic (exact) mass is 382 g/mol. The van der Waals surface area contributed by atoms with E-state index >= 15 is 0 Å². The highest BCUT2D eigenvalue weighted by Gasteiger charge is 2.33. The van der Waals surface area contributed by atoms with E-state index in [1.54, 1.807) is 18.2 Å². The Labute approximate surface area is 161 Å². The van der Waals surface area contributed by atoms with Gasteiger partial charge in [0.1, 0.15) is 17.7 Å². The number of nitrogens with one attached hydrogen (secondary N) is 1. The van der Waals surface area contributed by atoms with Crippen LogP contribution in [0.2, 0.25) is 0 Å². The lowest BCUT2D eigenvalue weighted by Crippen LogP contribution is -2.39. The molecule has 7 heteroatoms. The molecule has 4 rings (SSSR count).